The highest BCUT2D eigenvalue weighted by Gasteiger charge is 2.38. The molecule has 0 amide bonds. The number of nitrogen functional groups attached to an aromatic ring is 1. The van der Waals surface area contributed by atoms with Crippen LogP contribution in [-0.4, -0.2) is 80.4 Å². The first-order valence-corrected chi connectivity index (χ1v) is 15.5. The number of ether oxygens (including phenoxy) is 3. The third-order valence-corrected chi connectivity index (χ3v) is 8.69. The lowest BCUT2D eigenvalue weighted by Gasteiger charge is -2.30. The van der Waals surface area contributed by atoms with E-state index in [9.17, 15) is 25.1 Å². The van der Waals surface area contributed by atoms with Crippen LogP contribution >= 0.6 is 7.75 Å². The molecule has 0 radical (unpaired) electrons. The quantitative estimate of drug-likeness (QED) is 0.0674. The Morgan fingerprint density at radius 2 is 1.87 bits per heavy atom. The van der Waals surface area contributed by atoms with E-state index in [4.69, 9.17) is 29.0 Å². The van der Waals surface area contributed by atoms with Crippen LogP contribution in [-0.2, 0) is 23.3 Å². The van der Waals surface area contributed by atoms with Gasteiger partial charge in [0.15, 0.2) is 18.2 Å². The summed E-state index contributed by atoms with van der Waals surface area (Å²) in [5.41, 5.74) is 5.67. The number of hydrogen-bond donors (Lipinski definition) is 5. The van der Waals surface area contributed by atoms with Crippen molar-refractivity contribution in [2.24, 2.45) is 0 Å². The zero-order chi connectivity index (χ0) is 32.8. The van der Waals surface area contributed by atoms with Crippen LogP contribution < -0.4 is 15.3 Å². The minimum atomic E-state index is -4.43. The Bertz CT molecular complexity index is 1670. The molecule has 0 spiro atoms. The second-order valence-corrected chi connectivity index (χ2v) is 12.5. The van der Waals surface area contributed by atoms with Crippen LogP contribution in [0.1, 0.15) is 32.6 Å². The lowest BCUT2D eigenvalue weighted by atomic mass is 10.1. The predicted molar refractivity (Wildman–Crippen MR) is 163 cm³/mol. The van der Waals surface area contributed by atoms with Gasteiger partial charge in [-0.3, -0.25) is 4.52 Å². The van der Waals surface area contributed by atoms with Crippen molar-refractivity contribution in [3.05, 3.63) is 66.6 Å². The topological polar surface area (TPSA) is 216 Å². The van der Waals surface area contributed by atoms with Crippen LogP contribution in [0.5, 0.6) is 5.75 Å². The molecule has 4 rings (SSSR count). The van der Waals surface area contributed by atoms with Gasteiger partial charge in [-0.2, -0.15) is 10.4 Å². The van der Waals surface area contributed by atoms with Gasteiger partial charge in [0.05, 0.1) is 30.6 Å². The number of hydrogen-bond acceptors (Lipinski definition) is 13. The monoisotopic (exact) mass is 644 g/mol. The molecule has 0 saturated carbocycles. The van der Waals surface area contributed by atoms with Gasteiger partial charge in [-0.15, -0.1) is 0 Å². The molecular formula is C29H37N6O9P. The van der Waals surface area contributed by atoms with E-state index < -0.39 is 50.6 Å². The molecule has 2 aromatic heterocycles. The number of nitrogens with two attached hydrogens (primary N) is 1. The minimum absolute atomic E-state index is 0.0131. The number of benzene rings is 2. The Morgan fingerprint density at radius 3 is 2.60 bits per heavy atom. The van der Waals surface area contributed by atoms with Gasteiger partial charge in [-0.25, -0.2) is 19.2 Å². The van der Waals surface area contributed by atoms with Gasteiger partial charge < -0.3 is 39.8 Å². The average Bonchev–Trinajstić information content (AvgIpc) is 3.47. The van der Waals surface area contributed by atoms with Crippen molar-refractivity contribution in [2.45, 2.75) is 57.0 Å². The van der Waals surface area contributed by atoms with Crippen LogP contribution in [0.25, 0.3) is 16.3 Å². The van der Waals surface area contributed by atoms with Gasteiger partial charge in [0.1, 0.15) is 29.8 Å². The molecule has 15 nitrogen and oxygen atoms in total. The zero-order valence-electron chi connectivity index (χ0n) is 25.2. The maximum atomic E-state index is 14.3. The van der Waals surface area contributed by atoms with Gasteiger partial charge in [0.2, 0.25) is 0 Å². The number of nitrogens with zero attached hydrogens (tertiary/aromatic N) is 4. The lowest BCUT2D eigenvalue weighted by Crippen LogP contribution is -2.42. The summed E-state index contributed by atoms with van der Waals surface area (Å²) in [6, 6.07) is 14.4. The largest absolute Gasteiger partial charge is 0.459 e. The first-order valence-electron chi connectivity index (χ1n) is 13.9. The van der Waals surface area contributed by atoms with E-state index in [-0.39, 0.29) is 23.9 Å². The van der Waals surface area contributed by atoms with Crippen molar-refractivity contribution in [1.29, 1.82) is 5.26 Å². The van der Waals surface area contributed by atoms with Crippen LogP contribution in [0.3, 0.4) is 0 Å². The van der Waals surface area contributed by atoms with Crippen LogP contribution in [0.15, 0.2) is 60.9 Å². The first kappa shape index (κ1) is 34.0. The number of nitrogens with one attached hydrogen (secondary N) is 1. The smallest absolute Gasteiger partial charge is 0.419 e. The number of rotatable bonds is 16. The molecule has 0 bridgehead atoms. The van der Waals surface area contributed by atoms with E-state index in [2.05, 4.69) is 15.2 Å². The third kappa shape index (κ3) is 8.26. The highest BCUT2D eigenvalue weighted by molar-refractivity contribution is 7.52. The molecule has 45 heavy (non-hydrogen) atoms. The number of fused-ring (bicyclic) bond motifs is 2. The van der Waals surface area contributed by atoms with Gasteiger partial charge >= 0.3 is 7.75 Å². The number of aliphatic hydroxyl groups is 3. The summed E-state index contributed by atoms with van der Waals surface area (Å²) in [6.07, 6.45) is -3.76. The molecule has 0 aliphatic heterocycles. The molecule has 0 saturated heterocycles. The number of aliphatic hydroxyl groups excluding tert-OH is 3. The highest BCUT2D eigenvalue weighted by Crippen LogP contribution is 2.47. The molecule has 2 unspecified atom stereocenters. The molecular weight excluding hydrogens is 607 g/mol. The minimum Gasteiger partial charge on any atom is -0.419 e. The zero-order valence-corrected chi connectivity index (χ0v) is 26.1. The van der Waals surface area contributed by atoms with Crippen LogP contribution in [0.2, 0.25) is 0 Å². The Morgan fingerprint density at radius 1 is 1.13 bits per heavy atom. The number of aromatic nitrogens is 3. The van der Waals surface area contributed by atoms with Crippen molar-refractivity contribution in [1.82, 2.24) is 19.7 Å². The molecule has 0 aliphatic rings. The molecule has 242 valence electrons. The number of nitriles is 1. The van der Waals surface area contributed by atoms with Crippen molar-refractivity contribution < 1.29 is 43.1 Å². The fourth-order valence-corrected chi connectivity index (χ4v) is 5.88. The SMILES string of the molecule is COC(C)(C)COC(O)[C@H](C)NP(=O)(OC[C@@H](OC#N)[C@@H](O)[C@@H](O)c1ccc2c(N)ncnn12)Oc1cccc2ccccc12. The van der Waals surface area contributed by atoms with E-state index in [1.165, 1.54) is 37.2 Å². The summed E-state index contributed by atoms with van der Waals surface area (Å²) in [4.78, 5) is 3.89. The predicted octanol–water partition coefficient (Wildman–Crippen LogP) is 2.67. The van der Waals surface area contributed by atoms with Gasteiger partial charge in [-0.1, -0.05) is 36.4 Å². The van der Waals surface area contributed by atoms with E-state index in [0.717, 1.165) is 5.39 Å². The maximum absolute atomic E-state index is 14.3. The lowest BCUT2D eigenvalue weighted by molar-refractivity contribution is -0.157. The van der Waals surface area contributed by atoms with Crippen molar-refractivity contribution in [3.8, 4) is 12.0 Å². The van der Waals surface area contributed by atoms with Crippen LogP contribution in [0, 0.1) is 11.5 Å². The van der Waals surface area contributed by atoms with Crippen molar-refractivity contribution >= 4 is 29.9 Å². The summed E-state index contributed by atoms with van der Waals surface area (Å²) >= 11 is 0. The summed E-state index contributed by atoms with van der Waals surface area (Å²) < 4.78 is 43.1. The Labute approximate surface area is 259 Å². The Balaban J connectivity index is 1.58. The fourth-order valence-electron chi connectivity index (χ4n) is 4.31. The molecule has 2 aromatic carbocycles. The summed E-state index contributed by atoms with van der Waals surface area (Å²) in [6.45, 7) is 4.35. The number of anilines is 1. The molecule has 6 atom stereocenters. The van der Waals surface area contributed by atoms with E-state index >= 15 is 0 Å². The van der Waals surface area contributed by atoms with Crippen LogP contribution in [0.4, 0.5) is 5.82 Å². The second kappa shape index (κ2) is 14.5. The van der Waals surface area contributed by atoms with Crippen molar-refractivity contribution in [2.75, 3.05) is 26.1 Å². The highest BCUT2D eigenvalue weighted by atomic mass is 31.2. The second-order valence-electron chi connectivity index (χ2n) is 10.8. The standard InChI is InChI=1S/C29H37N6O9P/c1-18(28(38)41-15-29(2,3)40-4)34-45(39,44-23-11-7-9-19-8-5-6-10-20(19)23)43-14-24(42-16-30)26(37)25(36)21-12-13-22-27(31)32-17-33-35(21)22/h5-13,17-18,24-26,28,36-38H,14-15H2,1-4H3,(H,34,39)(H2,31,32,33)/t18-,24+,25-,26+,28?,45?/m0/s1. The summed E-state index contributed by atoms with van der Waals surface area (Å²) in [5, 5.41) is 50.2. The number of methoxy groups -OCH3 is 1. The Hall–Kier alpha value is -3.84. The van der Waals surface area contributed by atoms with Gasteiger partial charge in [0, 0.05) is 12.5 Å². The van der Waals surface area contributed by atoms with Crippen molar-refractivity contribution in [3.63, 3.8) is 0 Å². The molecule has 0 aliphatic carbocycles. The molecule has 2 heterocycles. The molecule has 16 heteroatoms. The summed E-state index contributed by atoms with van der Waals surface area (Å²) in [5.74, 6) is 0.345. The molecule has 6 N–H and O–H groups in total. The fraction of sp³-hybridized carbons (Fsp3) is 0.414. The molecule has 0 fully saturated rings. The maximum Gasteiger partial charge on any atom is 0.459 e. The van der Waals surface area contributed by atoms with Gasteiger partial charge in [-0.05, 0) is 44.4 Å². The summed E-state index contributed by atoms with van der Waals surface area (Å²) in [7, 11) is -2.92. The van der Waals surface area contributed by atoms with E-state index in [0.29, 0.717) is 10.9 Å². The third-order valence-electron chi connectivity index (χ3n) is 7.04. The average molecular weight is 645 g/mol. The molecule has 4 aromatic rings. The Kier molecular flexibility index (Phi) is 11.0. The van der Waals surface area contributed by atoms with E-state index in [1.54, 1.807) is 44.2 Å². The first-order chi connectivity index (χ1) is 21.4. The van der Waals surface area contributed by atoms with Gasteiger partial charge in [0.25, 0.3) is 6.26 Å². The van der Waals surface area contributed by atoms with E-state index in [1.807, 2.05) is 18.2 Å². The normalized spacial score (nSPS) is 16.8.